The van der Waals surface area contributed by atoms with Crippen molar-refractivity contribution in [1.82, 2.24) is 4.90 Å². The summed E-state index contributed by atoms with van der Waals surface area (Å²) in [6.45, 7) is 5.88. The van der Waals surface area contributed by atoms with Crippen LogP contribution in [0.5, 0.6) is 11.5 Å². The molecule has 0 fully saturated rings. The van der Waals surface area contributed by atoms with Crippen LogP contribution in [-0.2, 0) is 11.2 Å². The standard InChI is InChI=1S/C16H26N2O3/c1-11(2)18(4)16(19)10-21-15-7-6-14(20-5)9-13(15)8-12(3)17/h6-7,9,11-12H,8,10,17H2,1-5H3. The number of ether oxygens (including phenoxy) is 2. The number of methoxy groups -OCH3 is 1. The summed E-state index contributed by atoms with van der Waals surface area (Å²) in [6, 6.07) is 5.69. The Kier molecular flexibility index (Phi) is 6.49. The lowest BCUT2D eigenvalue weighted by atomic mass is 10.1. The van der Waals surface area contributed by atoms with Crippen LogP contribution in [0, 0.1) is 0 Å². The van der Waals surface area contributed by atoms with Gasteiger partial charge in [0, 0.05) is 19.1 Å². The third kappa shape index (κ3) is 5.27. The fourth-order valence-electron chi connectivity index (χ4n) is 1.86. The second kappa shape index (κ2) is 7.88. The van der Waals surface area contributed by atoms with E-state index in [4.69, 9.17) is 15.2 Å². The van der Waals surface area contributed by atoms with Crippen LogP contribution in [0.4, 0.5) is 0 Å². The number of carbonyl (C=O) groups is 1. The largest absolute Gasteiger partial charge is 0.497 e. The molecule has 1 aromatic carbocycles. The van der Waals surface area contributed by atoms with E-state index in [1.165, 1.54) is 0 Å². The van der Waals surface area contributed by atoms with Crippen molar-refractivity contribution >= 4 is 5.91 Å². The zero-order valence-electron chi connectivity index (χ0n) is 13.6. The number of likely N-dealkylation sites (N-methyl/N-ethyl adjacent to an activating group) is 1. The van der Waals surface area contributed by atoms with Crippen LogP contribution in [0.2, 0.25) is 0 Å². The highest BCUT2D eigenvalue weighted by Crippen LogP contribution is 2.25. The molecule has 0 aliphatic heterocycles. The third-order valence-electron chi connectivity index (χ3n) is 3.33. The molecule has 0 saturated heterocycles. The summed E-state index contributed by atoms with van der Waals surface area (Å²) in [4.78, 5) is 13.6. The Hall–Kier alpha value is -1.75. The average molecular weight is 294 g/mol. The molecule has 0 saturated carbocycles. The summed E-state index contributed by atoms with van der Waals surface area (Å²) < 4.78 is 10.9. The first-order valence-electron chi connectivity index (χ1n) is 7.16. The number of hydrogen-bond acceptors (Lipinski definition) is 4. The van der Waals surface area contributed by atoms with E-state index in [1.807, 2.05) is 39.0 Å². The lowest BCUT2D eigenvalue weighted by Crippen LogP contribution is -2.36. The van der Waals surface area contributed by atoms with Crippen LogP contribution in [0.1, 0.15) is 26.3 Å². The van der Waals surface area contributed by atoms with Crippen LogP contribution < -0.4 is 15.2 Å². The Morgan fingerprint density at radius 3 is 2.52 bits per heavy atom. The molecule has 0 aliphatic carbocycles. The van der Waals surface area contributed by atoms with E-state index in [0.717, 1.165) is 11.3 Å². The van der Waals surface area contributed by atoms with E-state index in [-0.39, 0.29) is 24.6 Å². The maximum Gasteiger partial charge on any atom is 0.260 e. The van der Waals surface area contributed by atoms with Gasteiger partial charge in [-0.25, -0.2) is 0 Å². The van der Waals surface area contributed by atoms with Crippen LogP contribution in [0.15, 0.2) is 18.2 Å². The Bertz CT molecular complexity index is 473. The van der Waals surface area contributed by atoms with E-state index >= 15 is 0 Å². The number of benzene rings is 1. The minimum atomic E-state index is -0.0486. The molecule has 1 atom stereocenters. The van der Waals surface area contributed by atoms with Crippen molar-refractivity contribution in [2.45, 2.75) is 39.3 Å². The number of amides is 1. The Morgan fingerprint density at radius 1 is 1.33 bits per heavy atom. The Labute approximate surface area is 127 Å². The monoisotopic (exact) mass is 294 g/mol. The maximum atomic E-state index is 12.0. The number of nitrogens with two attached hydrogens (primary N) is 1. The maximum absolute atomic E-state index is 12.0. The van der Waals surface area contributed by atoms with E-state index in [9.17, 15) is 4.79 Å². The van der Waals surface area contributed by atoms with Crippen LogP contribution in [-0.4, -0.2) is 43.7 Å². The molecule has 5 heteroatoms. The van der Waals surface area contributed by atoms with Gasteiger partial charge in [-0.1, -0.05) is 0 Å². The molecule has 1 unspecified atom stereocenters. The average Bonchev–Trinajstić information content (AvgIpc) is 2.43. The number of rotatable bonds is 7. The summed E-state index contributed by atoms with van der Waals surface area (Å²) >= 11 is 0. The third-order valence-corrected chi connectivity index (χ3v) is 3.33. The van der Waals surface area contributed by atoms with Gasteiger partial charge in [-0.3, -0.25) is 4.79 Å². The lowest BCUT2D eigenvalue weighted by molar-refractivity contribution is -0.133. The molecule has 0 bridgehead atoms. The molecule has 1 aromatic rings. The summed E-state index contributed by atoms with van der Waals surface area (Å²) in [5.74, 6) is 1.38. The predicted octanol–water partition coefficient (Wildman–Crippen LogP) is 1.83. The van der Waals surface area contributed by atoms with Gasteiger partial charge < -0.3 is 20.1 Å². The van der Waals surface area contributed by atoms with Gasteiger partial charge in [0.1, 0.15) is 11.5 Å². The highest BCUT2D eigenvalue weighted by molar-refractivity contribution is 5.77. The number of carbonyl (C=O) groups excluding carboxylic acids is 1. The van der Waals surface area contributed by atoms with E-state index in [1.54, 1.807) is 19.1 Å². The van der Waals surface area contributed by atoms with Crippen molar-refractivity contribution in [3.63, 3.8) is 0 Å². The second-order valence-electron chi connectivity index (χ2n) is 5.54. The predicted molar refractivity (Wildman–Crippen MR) is 83.7 cm³/mol. The molecule has 0 radical (unpaired) electrons. The van der Waals surface area contributed by atoms with Crippen molar-refractivity contribution in [3.8, 4) is 11.5 Å². The van der Waals surface area contributed by atoms with Crippen molar-refractivity contribution < 1.29 is 14.3 Å². The molecular weight excluding hydrogens is 268 g/mol. The zero-order valence-corrected chi connectivity index (χ0v) is 13.6. The first kappa shape index (κ1) is 17.3. The smallest absolute Gasteiger partial charge is 0.260 e. The molecule has 2 N–H and O–H groups in total. The van der Waals surface area contributed by atoms with Gasteiger partial charge in [-0.2, -0.15) is 0 Å². The Balaban J connectivity index is 2.80. The minimum absolute atomic E-state index is 0.00787. The van der Waals surface area contributed by atoms with Gasteiger partial charge in [0.15, 0.2) is 6.61 Å². The molecule has 0 spiro atoms. The molecule has 1 rings (SSSR count). The van der Waals surface area contributed by atoms with Gasteiger partial charge in [0.2, 0.25) is 0 Å². The summed E-state index contributed by atoms with van der Waals surface area (Å²) in [7, 11) is 3.39. The van der Waals surface area contributed by atoms with Gasteiger partial charge >= 0.3 is 0 Å². The van der Waals surface area contributed by atoms with E-state index < -0.39 is 0 Å². The highest BCUT2D eigenvalue weighted by atomic mass is 16.5. The topological polar surface area (TPSA) is 64.8 Å². The van der Waals surface area contributed by atoms with Crippen molar-refractivity contribution in [2.24, 2.45) is 5.73 Å². The number of nitrogens with zero attached hydrogens (tertiary/aromatic N) is 1. The first-order valence-corrected chi connectivity index (χ1v) is 7.16. The fourth-order valence-corrected chi connectivity index (χ4v) is 1.86. The van der Waals surface area contributed by atoms with Gasteiger partial charge in [0.25, 0.3) is 5.91 Å². The zero-order chi connectivity index (χ0) is 16.0. The normalized spacial score (nSPS) is 12.1. The van der Waals surface area contributed by atoms with Gasteiger partial charge in [-0.05, 0) is 51.0 Å². The van der Waals surface area contributed by atoms with Crippen LogP contribution in [0.25, 0.3) is 0 Å². The van der Waals surface area contributed by atoms with Gasteiger partial charge in [0.05, 0.1) is 7.11 Å². The van der Waals surface area contributed by atoms with E-state index in [0.29, 0.717) is 12.2 Å². The summed E-state index contributed by atoms with van der Waals surface area (Å²) in [5.41, 5.74) is 6.81. The van der Waals surface area contributed by atoms with Crippen molar-refractivity contribution in [3.05, 3.63) is 23.8 Å². The summed E-state index contributed by atoms with van der Waals surface area (Å²) in [6.07, 6.45) is 0.667. The minimum Gasteiger partial charge on any atom is -0.497 e. The van der Waals surface area contributed by atoms with Crippen molar-refractivity contribution in [1.29, 1.82) is 0 Å². The second-order valence-corrected chi connectivity index (χ2v) is 5.54. The van der Waals surface area contributed by atoms with E-state index in [2.05, 4.69) is 0 Å². The molecule has 5 nitrogen and oxygen atoms in total. The molecule has 0 heterocycles. The molecule has 0 aromatic heterocycles. The highest BCUT2D eigenvalue weighted by Gasteiger charge is 2.14. The quantitative estimate of drug-likeness (QED) is 0.833. The fraction of sp³-hybridized carbons (Fsp3) is 0.562. The molecular formula is C16H26N2O3. The summed E-state index contributed by atoms with van der Waals surface area (Å²) in [5, 5.41) is 0. The molecule has 118 valence electrons. The molecule has 1 amide bonds. The van der Waals surface area contributed by atoms with Crippen LogP contribution >= 0.6 is 0 Å². The van der Waals surface area contributed by atoms with Gasteiger partial charge in [-0.15, -0.1) is 0 Å². The first-order chi connectivity index (χ1) is 9.85. The lowest BCUT2D eigenvalue weighted by Gasteiger charge is -2.22. The van der Waals surface area contributed by atoms with Crippen LogP contribution in [0.3, 0.4) is 0 Å². The SMILES string of the molecule is COc1ccc(OCC(=O)N(C)C(C)C)c(CC(C)N)c1. The molecule has 21 heavy (non-hydrogen) atoms. The van der Waals surface area contributed by atoms with Crippen molar-refractivity contribution in [2.75, 3.05) is 20.8 Å². The number of hydrogen-bond donors (Lipinski definition) is 1. The Morgan fingerprint density at radius 2 is 2.00 bits per heavy atom. The molecule has 0 aliphatic rings.